The molecule has 5 atom stereocenters. The molecule has 134 valence electrons. The van der Waals surface area contributed by atoms with Crippen LogP contribution in [0, 0.1) is 39.9 Å². The third kappa shape index (κ3) is 2.80. The first-order valence-electron chi connectivity index (χ1n) is 9.64. The number of carbonyl (C=O) groups excluding carboxylic acids is 2. The van der Waals surface area contributed by atoms with Gasteiger partial charge in [0.1, 0.15) is 5.78 Å². The fraction of sp³-hybridized carbons (Fsp3) is 0.682. The zero-order valence-corrected chi connectivity index (χ0v) is 15.5. The van der Waals surface area contributed by atoms with Gasteiger partial charge in [-0.2, -0.15) is 5.26 Å². The molecule has 3 heteroatoms. The van der Waals surface area contributed by atoms with Gasteiger partial charge in [0.05, 0.1) is 6.07 Å². The van der Waals surface area contributed by atoms with E-state index < -0.39 is 0 Å². The Morgan fingerprint density at radius 3 is 2.44 bits per heavy atom. The van der Waals surface area contributed by atoms with Crippen molar-refractivity contribution >= 4 is 11.6 Å². The van der Waals surface area contributed by atoms with Gasteiger partial charge in [-0.05, 0) is 67.8 Å². The summed E-state index contributed by atoms with van der Waals surface area (Å²) in [7, 11) is 0. The van der Waals surface area contributed by atoms with Crippen LogP contribution in [0.2, 0.25) is 0 Å². The van der Waals surface area contributed by atoms with E-state index in [0.717, 1.165) is 38.5 Å². The molecule has 0 aliphatic heterocycles. The number of ketones is 2. The van der Waals surface area contributed by atoms with E-state index in [1.54, 1.807) is 6.07 Å². The Morgan fingerprint density at radius 2 is 1.76 bits per heavy atom. The van der Waals surface area contributed by atoms with Crippen LogP contribution in [0.5, 0.6) is 0 Å². The van der Waals surface area contributed by atoms with Crippen molar-refractivity contribution in [2.45, 2.75) is 65.2 Å². The van der Waals surface area contributed by atoms with Crippen molar-refractivity contribution < 1.29 is 9.59 Å². The maximum absolute atomic E-state index is 12.4. The summed E-state index contributed by atoms with van der Waals surface area (Å²) < 4.78 is 0. The molecule has 0 aromatic carbocycles. The van der Waals surface area contributed by atoms with Gasteiger partial charge in [-0.15, -0.1) is 0 Å². The number of nitriles is 1. The van der Waals surface area contributed by atoms with Crippen molar-refractivity contribution in [1.82, 2.24) is 0 Å². The molecule has 0 spiro atoms. The molecular formula is C22H29NO2. The van der Waals surface area contributed by atoms with Crippen LogP contribution in [-0.2, 0) is 9.59 Å². The molecule has 4 aliphatic rings. The van der Waals surface area contributed by atoms with E-state index in [0.29, 0.717) is 29.3 Å². The van der Waals surface area contributed by atoms with Crippen LogP contribution in [0.15, 0.2) is 24.3 Å². The van der Waals surface area contributed by atoms with Gasteiger partial charge in [-0.3, -0.25) is 9.59 Å². The third-order valence-corrected chi connectivity index (χ3v) is 7.76. The Labute approximate surface area is 151 Å². The molecule has 0 unspecified atom stereocenters. The average Bonchev–Trinajstić information content (AvgIpc) is 2.91. The number of fused-ring (bicyclic) bond motifs is 5. The van der Waals surface area contributed by atoms with Gasteiger partial charge in [-0.1, -0.05) is 26.0 Å². The Hall–Kier alpha value is -1.69. The zero-order valence-electron chi connectivity index (χ0n) is 15.5. The molecule has 0 radical (unpaired) electrons. The van der Waals surface area contributed by atoms with Crippen molar-refractivity contribution in [1.29, 1.82) is 5.26 Å². The average molecular weight is 339 g/mol. The van der Waals surface area contributed by atoms with Gasteiger partial charge < -0.3 is 0 Å². The smallest absolute Gasteiger partial charge is 0.155 e. The van der Waals surface area contributed by atoms with Gasteiger partial charge >= 0.3 is 0 Å². The Balaban J connectivity index is 0.000000415. The van der Waals surface area contributed by atoms with Gasteiger partial charge in [0.25, 0.3) is 0 Å². The predicted octanol–water partition coefficient (Wildman–Crippen LogP) is 4.78. The fourth-order valence-corrected chi connectivity index (χ4v) is 6.33. The molecule has 3 nitrogen and oxygen atoms in total. The predicted molar refractivity (Wildman–Crippen MR) is 97.5 cm³/mol. The fourth-order valence-electron chi connectivity index (χ4n) is 6.33. The first kappa shape index (κ1) is 18.1. The molecule has 0 saturated heterocycles. The molecule has 3 saturated carbocycles. The van der Waals surface area contributed by atoms with Crippen LogP contribution >= 0.6 is 0 Å². The normalized spacial score (nSPS) is 42.0. The second-order valence-electron chi connectivity index (χ2n) is 8.72. The van der Waals surface area contributed by atoms with Crippen molar-refractivity contribution in [3.8, 4) is 6.07 Å². The molecule has 25 heavy (non-hydrogen) atoms. The Kier molecular flexibility index (Phi) is 4.75. The van der Waals surface area contributed by atoms with E-state index in [1.807, 2.05) is 6.08 Å². The van der Waals surface area contributed by atoms with Crippen molar-refractivity contribution in [3.05, 3.63) is 24.3 Å². The maximum atomic E-state index is 12.4. The van der Waals surface area contributed by atoms with Gasteiger partial charge in [0, 0.05) is 24.3 Å². The molecule has 0 N–H and O–H groups in total. The molecule has 0 aromatic rings. The third-order valence-electron chi connectivity index (χ3n) is 7.76. The quantitative estimate of drug-likeness (QED) is 0.597. The van der Waals surface area contributed by atoms with Crippen LogP contribution in [0.1, 0.15) is 65.2 Å². The maximum Gasteiger partial charge on any atom is 0.155 e. The minimum Gasteiger partial charge on any atom is -0.299 e. The summed E-state index contributed by atoms with van der Waals surface area (Å²) in [6, 6.07) is 1.69. The highest BCUT2D eigenvalue weighted by atomic mass is 16.1. The summed E-state index contributed by atoms with van der Waals surface area (Å²) in [5.41, 5.74) is 1.64. The number of rotatable bonds is 0. The highest BCUT2D eigenvalue weighted by Crippen LogP contribution is 2.64. The van der Waals surface area contributed by atoms with Gasteiger partial charge in [-0.25, -0.2) is 0 Å². The minimum absolute atomic E-state index is 0.0246. The second kappa shape index (κ2) is 6.56. The summed E-state index contributed by atoms with van der Waals surface area (Å²) in [5, 5.41) is 7.51. The highest BCUT2D eigenvalue weighted by molar-refractivity contribution is 5.91. The molecule has 3 fully saturated rings. The van der Waals surface area contributed by atoms with E-state index in [2.05, 4.69) is 20.4 Å². The zero-order chi connectivity index (χ0) is 18.2. The Morgan fingerprint density at radius 1 is 1.08 bits per heavy atom. The molecule has 4 rings (SSSR count). The van der Waals surface area contributed by atoms with Gasteiger partial charge in [0.15, 0.2) is 5.78 Å². The molecule has 0 aromatic heterocycles. The lowest BCUT2D eigenvalue weighted by Crippen LogP contribution is -2.50. The van der Waals surface area contributed by atoms with E-state index >= 15 is 0 Å². The first-order chi connectivity index (χ1) is 11.9. The lowest BCUT2D eigenvalue weighted by atomic mass is 9.47. The first-order valence-corrected chi connectivity index (χ1v) is 9.64. The second-order valence-corrected chi connectivity index (χ2v) is 8.72. The molecular weight excluding hydrogens is 310 g/mol. The SMILES string of the molecule is C=CC#N.C[C@]12CCC(=O)C=C1CC[C@@H]1[C@@H]2CC[C@]2(C)C(=O)CC[C@@H]12. The van der Waals surface area contributed by atoms with Crippen LogP contribution in [0.25, 0.3) is 0 Å². The molecule has 0 heterocycles. The lowest BCUT2D eigenvalue weighted by molar-refractivity contribution is -0.132. The largest absolute Gasteiger partial charge is 0.299 e. The summed E-state index contributed by atoms with van der Waals surface area (Å²) in [6.45, 7) is 7.76. The standard InChI is InChI=1S/C19H26O2.C3H3N/c1-18-9-7-13(20)11-12(18)3-4-14-15-5-6-17(21)19(15,2)10-8-16(14)18;1-2-3-4/h11,14-16H,3-10H2,1-2H3;2H,1H2/t14-,15-,16-,18-,19-;/m0./s1. The summed E-state index contributed by atoms with van der Waals surface area (Å²) in [4.78, 5) is 24.1. The van der Waals surface area contributed by atoms with Crippen molar-refractivity contribution in [3.63, 3.8) is 0 Å². The summed E-state index contributed by atoms with van der Waals surface area (Å²) in [6.07, 6.45) is 11.4. The number of allylic oxidation sites excluding steroid dienone is 2. The van der Waals surface area contributed by atoms with E-state index in [9.17, 15) is 9.59 Å². The molecule has 0 bridgehead atoms. The number of nitrogens with zero attached hydrogens (tertiary/aromatic N) is 1. The molecule has 0 amide bonds. The number of hydrogen-bond donors (Lipinski definition) is 0. The highest BCUT2D eigenvalue weighted by Gasteiger charge is 2.58. The van der Waals surface area contributed by atoms with Crippen molar-refractivity contribution in [2.75, 3.05) is 0 Å². The monoisotopic (exact) mass is 339 g/mol. The number of Topliss-reactive ketones (excluding diaryl/α,β-unsaturated/α-hetero) is 1. The van der Waals surface area contributed by atoms with Crippen LogP contribution < -0.4 is 0 Å². The minimum atomic E-state index is -0.0246. The van der Waals surface area contributed by atoms with E-state index in [1.165, 1.54) is 24.5 Å². The van der Waals surface area contributed by atoms with Gasteiger partial charge in [0.2, 0.25) is 0 Å². The number of carbonyl (C=O) groups is 2. The lowest BCUT2D eigenvalue weighted by Gasteiger charge is -2.56. The van der Waals surface area contributed by atoms with Crippen LogP contribution in [0.4, 0.5) is 0 Å². The Bertz CT molecular complexity index is 670. The van der Waals surface area contributed by atoms with E-state index in [-0.39, 0.29) is 10.8 Å². The number of hydrogen-bond acceptors (Lipinski definition) is 3. The van der Waals surface area contributed by atoms with Crippen LogP contribution in [-0.4, -0.2) is 11.6 Å². The van der Waals surface area contributed by atoms with E-state index in [4.69, 9.17) is 5.26 Å². The van der Waals surface area contributed by atoms with Crippen molar-refractivity contribution in [2.24, 2.45) is 28.6 Å². The molecule has 4 aliphatic carbocycles. The van der Waals surface area contributed by atoms with Crippen LogP contribution in [0.3, 0.4) is 0 Å². The topological polar surface area (TPSA) is 57.9 Å². The summed E-state index contributed by atoms with van der Waals surface area (Å²) in [5.74, 6) is 2.88. The summed E-state index contributed by atoms with van der Waals surface area (Å²) >= 11 is 0.